The molecular formula is C59H93N9O15. The van der Waals surface area contributed by atoms with Crippen molar-refractivity contribution in [1.29, 1.82) is 0 Å². The van der Waals surface area contributed by atoms with Crippen LogP contribution in [0.25, 0.3) is 11.1 Å². The molecular weight excluding hydrogens is 1070 g/mol. The summed E-state index contributed by atoms with van der Waals surface area (Å²) in [7, 11) is 0. The van der Waals surface area contributed by atoms with E-state index < -0.39 is 112 Å². The van der Waals surface area contributed by atoms with Crippen molar-refractivity contribution < 1.29 is 71.9 Å². The van der Waals surface area contributed by atoms with Gasteiger partial charge in [-0.1, -0.05) is 30.3 Å². The van der Waals surface area contributed by atoms with E-state index in [9.17, 15) is 48.3 Å². The summed E-state index contributed by atoms with van der Waals surface area (Å²) in [5, 5.41) is 35.9. The highest BCUT2D eigenvalue weighted by atomic mass is 16.6. The van der Waals surface area contributed by atoms with Crippen LogP contribution in [0.1, 0.15) is 160 Å². The number of alkyl carbamates (subject to hydrolysis) is 5. The Balaban J connectivity index is 2.05. The molecule has 1 aliphatic rings. The minimum Gasteiger partial charge on any atom is -0.508 e. The summed E-state index contributed by atoms with van der Waals surface area (Å²) in [5.41, 5.74) is -1.90. The van der Waals surface area contributed by atoms with E-state index in [4.69, 9.17) is 23.7 Å². The average molecular weight is 1170 g/mol. The maximum atomic E-state index is 14.9. The first-order chi connectivity index (χ1) is 38.3. The second-order valence-corrected chi connectivity index (χ2v) is 25.5. The average Bonchev–Trinajstić information content (AvgIpc) is 3.57. The molecule has 0 unspecified atom stereocenters. The summed E-state index contributed by atoms with van der Waals surface area (Å²) < 4.78 is 27.1. The number of aromatic hydroxyl groups is 1. The smallest absolute Gasteiger partial charge is 0.408 e. The van der Waals surface area contributed by atoms with Crippen molar-refractivity contribution in [2.24, 2.45) is 0 Å². The normalized spacial score (nSPS) is 16.7. The fourth-order valence-corrected chi connectivity index (χ4v) is 8.22. The van der Waals surface area contributed by atoms with Gasteiger partial charge in [-0.15, -0.1) is 0 Å². The number of carbonyl (C=O) groups excluding carboxylic acids is 9. The van der Waals surface area contributed by atoms with Crippen molar-refractivity contribution in [1.82, 2.24) is 47.9 Å². The van der Waals surface area contributed by atoms with E-state index in [0.29, 0.717) is 29.5 Å². The molecule has 0 radical (unpaired) electrons. The zero-order valence-electron chi connectivity index (χ0n) is 51.3. The van der Waals surface area contributed by atoms with Gasteiger partial charge in [-0.25, -0.2) is 24.0 Å². The highest BCUT2D eigenvalue weighted by Crippen LogP contribution is 2.29. The Morgan fingerprint density at radius 3 is 1.59 bits per heavy atom. The van der Waals surface area contributed by atoms with Gasteiger partial charge in [-0.05, 0) is 177 Å². The summed E-state index contributed by atoms with van der Waals surface area (Å²) in [5.74, 6) is -3.03. The third kappa shape index (κ3) is 29.8. The molecule has 464 valence electrons. The third-order valence-electron chi connectivity index (χ3n) is 11.7. The van der Waals surface area contributed by atoms with Crippen LogP contribution in [0.3, 0.4) is 0 Å². The van der Waals surface area contributed by atoms with Gasteiger partial charge in [0.05, 0.1) is 0 Å². The summed E-state index contributed by atoms with van der Waals surface area (Å²) in [4.78, 5) is 122. The monoisotopic (exact) mass is 1170 g/mol. The van der Waals surface area contributed by atoms with Gasteiger partial charge in [0.25, 0.3) is 0 Å². The van der Waals surface area contributed by atoms with Crippen LogP contribution in [0, 0.1) is 0 Å². The molecule has 10 N–H and O–H groups in total. The Hall–Kier alpha value is -7.53. The molecule has 1 heterocycles. The van der Waals surface area contributed by atoms with Crippen molar-refractivity contribution >= 4 is 54.1 Å². The fourth-order valence-electron chi connectivity index (χ4n) is 8.22. The first-order valence-electron chi connectivity index (χ1n) is 28.3. The predicted octanol–water partition coefficient (Wildman–Crippen LogP) is 6.82. The van der Waals surface area contributed by atoms with E-state index >= 15 is 0 Å². The molecule has 4 bridgehead atoms. The summed E-state index contributed by atoms with van der Waals surface area (Å²) >= 11 is 0. The van der Waals surface area contributed by atoms with Crippen LogP contribution < -0.4 is 47.9 Å². The Morgan fingerprint density at radius 1 is 0.554 bits per heavy atom. The van der Waals surface area contributed by atoms with Gasteiger partial charge in [0.1, 0.15) is 51.9 Å². The molecule has 0 aliphatic carbocycles. The number of benzene rings is 2. The molecule has 24 nitrogen and oxygen atoms in total. The van der Waals surface area contributed by atoms with Crippen molar-refractivity contribution in [2.75, 3.05) is 26.2 Å². The van der Waals surface area contributed by atoms with Crippen LogP contribution in [-0.4, -0.2) is 144 Å². The van der Waals surface area contributed by atoms with Crippen LogP contribution in [0.2, 0.25) is 0 Å². The minimum atomic E-state index is -1.40. The Kier molecular flexibility index (Phi) is 26.2. The van der Waals surface area contributed by atoms with Gasteiger partial charge < -0.3 is 76.6 Å². The Labute approximate surface area is 488 Å². The van der Waals surface area contributed by atoms with E-state index in [1.54, 1.807) is 128 Å². The number of hydrogen-bond acceptors (Lipinski definition) is 15. The van der Waals surface area contributed by atoms with Crippen LogP contribution in [0.4, 0.5) is 24.0 Å². The number of phenolic OH excluding ortho intramolecular Hbond substituents is 1. The lowest BCUT2D eigenvalue weighted by molar-refractivity contribution is -0.133. The van der Waals surface area contributed by atoms with Crippen molar-refractivity contribution in [3.8, 4) is 16.9 Å². The number of phenols is 1. The topological polar surface area (TPSA) is 328 Å². The van der Waals surface area contributed by atoms with Gasteiger partial charge in [0, 0.05) is 57.5 Å². The molecule has 83 heavy (non-hydrogen) atoms. The Morgan fingerprint density at radius 2 is 1.05 bits per heavy atom. The van der Waals surface area contributed by atoms with Gasteiger partial charge in [-0.3, -0.25) is 19.2 Å². The second-order valence-electron chi connectivity index (χ2n) is 25.5. The van der Waals surface area contributed by atoms with Crippen LogP contribution >= 0.6 is 0 Å². The molecule has 0 spiro atoms. The van der Waals surface area contributed by atoms with Gasteiger partial charge >= 0.3 is 30.5 Å². The van der Waals surface area contributed by atoms with Crippen molar-refractivity contribution in [3.63, 3.8) is 0 Å². The van der Waals surface area contributed by atoms with Crippen LogP contribution in [0.15, 0.2) is 42.5 Å². The van der Waals surface area contributed by atoms with Gasteiger partial charge in [0.2, 0.25) is 23.6 Å². The zero-order chi connectivity index (χ0) is 62.5. The molecule has 3 rings (SSSR count). The molecule has 1 aliphatic heterocycles. The number of carbonyl (C=O) groups is 9. The van der Waals surface area contributed by atoms with Gasteiger partial charge in [0.15, 0.2) is 0 Å². The zero-order valence-corrected chi connectivity index (χ0v) is 51.3. The van der Waals surface area contributed by atoms with Crippen molar-refractivity contribution in [2.45, 2.75) is 220 Å². The van der Waals surface area contributed by atoms with E-state index in [1.807, 2.05) is 12.1 Å². The number of amides is 9. The molecule has 2 aromatic carbocycles. The van der Waals surface area contributed by atoms with E-state index in [2.05, 4.69) is 47.9 Å². The number of fused-ring (bicyclic) bond motifs is 5. The third-order valence-corrected chi connectivity index (χ3v) is 11.7. The predicted molar refractivity (Wildman–Crippen MR) is 311 cm³/mol. The largest absolute Gasteiger partial charge is 0.508 e. The molecule has 2 aromatic rings. The first-order valence-corrected chi connectivity index (χ1v) is 28.3. The summed E-state index contributed by atoms with van der Waals surface area (Å²) in [6.45, 7) is 25.8. The van der Waals surface area contributed by atoms with Crippen LogP contribution in [-0.2, 0) is 55.7 Å². The quantitative estimate of drug-likeness (QED) is 0.0480. The fraction of sp³-hybridized carbons (Fsp3) is 0.644. The minimum absolute atomic E-state index is 0.0151. The lowest BCUT2D eigenvalue weighted by Crippen LogP contribution is -2.58. The van der Waals surface area contributed by atoms with E-state index in [0.717, 1.165) is 0 Å². The maximum absolute atomic E-state index is 14.9. The highest BCUT2D eigenvalue weighted by Gasteiger charge is 2.33. The lowest BCUT2D eigenvalue weighted by Gasteiger charge is -2.28. The molecule has 24 heteroatoms. The molecule has 0 saturated carbocycles. The Bertz CT molecular complexity index is 2540. The van der Waals surface area contributed by atoms with Gasteiger partial charge in [-0.2, -0.15) is 0 Å². The standard InChI is InChI=1S/C59H93N9O15/c1-55(2,3)79-50(74)60-27-17-22-40(34-46(70)63-35-41(65-53(77)82-58(10,11)12)23-18-28-61-51(75)80-56(4,5)6)64-48(72)43-31-36-20-16-21-37(30-36)38-25-26-45(69)39(32-38)33-44(68-54(78)83-59(13,14)15)49(73)66-42(47(71)67-43)24-19-29-62-52(76)81-57(7,8)9/h16,20-21,25-26,30,32,40-44,69H,17-19,22-24,27-29,31,33-35H2,1-15H3,(H,60,74)(H,61,75)(H,62,76)(H,63,70)(H,64,72)(H,65,77)(H,66,73)(H,67,71)(H,68,78)/t40-,41-,42-,43-,44-/m0/s1. The number of rotatable bonds is 20. The number of ether oxygens (including phenoxy) is 5. The number of nitrogens with one attached hydrogen (secondary N) is 9. The molecule has 5 atom stereocenters. The summed E-state index contributed by atoms with van der Waals surface area (Å²) in [6.07, 6.45) is -3.19. The molecule has 0 saturated heterocycles. The molecule has 0 fully saturated rings. The van der Waals surface area contributed by atoms with E-state index in [-0.39, 0.29) is 82.4 Å². The lowest BCUT2D eigenvalue weighted by atomic mass is 9.95. The van der Waals surface area contributed by atoms with E-state index in [1.165, 1.54) is 6.07 Å². The maximum Gasteiger partial charge on any atom is 0.408 e. The van der Waals surface area contributed by atoms with Crippen molar-refractivity contribution in [3.05, 3.63) is 53.6 Å². The number of hydrogen-bond donors (Lipinski definition) is 10. The molecule has 9 amide bonds. The summed E-state index contributed by atoms with van der Waals surface area (Å²) in [6, 6.07) is 6.23. The highest BCUT2D eigenvalue weighted by molar-refractivity contribution is 5.94. The SMILES string of the molecule is CC(C)(C)OC(=O)NCCC[C@@H](CNC(=O)C[C@H](CCCNC(=O)OC(C)(C)C)NC(=O)[C@@H]1Cc2cccc(c2)-c2ccc(O)c(c2)C[C@H](NC(=O)OC(C)(C)C)C(=O)N[C@@H](CCCNC(=O)OC(C)(C)C)C(=O)N1)NC(=O)OC(C)(C)C. The first kappa shape index (κ1) is 69.7. The molecule has 0 aromatic heterocycles. The van der Waals surface area contributed by atoms with Crippen LogP contribution in [0.5, 0.6) is 5.75 Å². The second kappa shape index (κ2) is 31.2.